The van der Waals surface area contributed by atoms with Crippen LogP contribution in [0.25, 0.3) is 11.0 Å². The van der Waals surface area contributed by atoms with Crippen molar-refractivity contribution in [2.45, 2.75) is 64.7 Å². The van der Waals surface area contributed by atoms with E-state index in [0.29, 0.717) is 35.9 Å². The van der Waals surface area contributed by atoms with Crippen LogP contribution in [0.2, 0.25) is 0 Å². The van der Waals surface area contributed by atoms with E-state index in [0.717, 1.165) is 29.7 Å². The molecule has 10 heteroatoms. The van der Waals surface area contributed by atoms with E-state index in [9.17, 15) is 4.79 Å². The number of hydrogen-bond donors (Lipinski definition) is 2. The molecule has 0 saturated heterocycles. The number of pyridine rings is 1. The van der Waals surface area contributed by atoms with E-state index >= 15 is 0 Å². The van der Waals surface area contributed by atoms with Gasteiger partial charge in [-0.3, -0.25) is 9.48 Å². The molecule has 2 N–H and O–H groups in total. The van der Waals surface area contributed by atoms with Gasteiger partial charge in [-0.15, -0.1) is 0 Å². The van der Waals surface area contributed by atoms with Gasteiger partial charge in [0.2, 0.25) is 11.9 Å². The molecule has 43 heavy (non-hydrogen) atoms. The summed E-state index contributed by atoms with van der Waals surface area (Å²) in [5.41, 5.74) is 4.03. The molecule has 0 spiro atoms. The fourth-order valence-corrected chi connectivity index (χ4v) is 5.27. The SMILES string of the molecule is CC(=O)Nc1cc(Oc2ccc3nc(Nc4cc(C(C)(C)C)n([C@H]5C[C@H](OCc6ccccc6)C5)n4)n(C)c3c2)ccn1. The number of carbonyl (C=O) groups is 1. The maximum atomic E-state index is 11.4. The van der Waals surface area contributed by atoms with Gasteiger partial charge in [-0.1, -0.05) is 51.1 Å². The molecular formula is C33H37N7O3. The molecule has 1 amide bonds. The lowest BCUT2D eigenvalue weighted by molar-refractivity contribution is -0.114. The standard InChI is InChI=1S/C33H37N7O3/c1-21(41)35-30-18-25(13-14-34-30)43-24-11-12-27-28(17-24)39(5)32(36-27)37-31-19-29(33(2,3)4)40(38-31)23-15-26(16-23)42-20-22-9-7-6-8-10-22/h6-14,17-19,23,26H,15-16,20H2,1-5H3,(H,34,35,41)(H,36,37,38)/t23-,26-. The zero-order valence-electron chi connectivity index (χ0n) is 25.2. The first kappa shape index (κ1) is 28.4. The molecule has 0 atom stereocenters. The van der Waals surface area contributed by atoms with Crippen LogP contribution in [-0.2, 0) is 28.6 Å². The number of benzene rings is 2. The van der Waals surface area contributed by atoms with Crippen LogP contribution in [0.4, 0.5) is 17.6 Å². The van der Waals surface area contributed by atoms with Crippen LogP contribution in [0.3, 0.4) is 0 Å². The molecule has 1 aliphatic rings. The van der Waals surface area contributed by atoms with Crippen LogP contribution in [0.5, 0.6) is 11.5 Å². The first-order valence-electron chi connectivity index (χ1n) is 14.5. The lowest BCUT2D eigenvalue weighted by Gasteiger charge is -2.37. The fourth-order valence-electron chi connectivity index (χ4n) is 5.27. The highest BCUT2D eigenvalue weighted by atomic mass is 16.5. The Kier molecular flexibility index (Phi) is 7.62. The summed E-state index contributed by atoms with van der Waals surface area (Å²) in [6.45, 7) is 8.72. The number of fused-ring (bicyclic) bond motifs is 1. The van der Waals surface area contributed by atoms with E-state index in [1.165, 1.54) is 18.2 Å². The number of carbonyl (C=O) groups excluding carboxylic acids is 1. The van der Waals surface area contributed by atoms with E-state index in [-0.39, 0.29) is 17.4 Å². The van der Waals surface area contributed by atoms with Crippen LogP contribution >= 0.6 is 0 Å². The highest BCUT2D eigenvalue weighted by Gasteiger charge is 2.35. The molecule has 2 aromatic carbocycles. The molecule has 10 nitrogen and oxygen atoms in total. The van der Waals surface area contributed by atoms with Gasteiger partial charge in [0.05, 0.1) is 29.8 Å². The summed E-state index contributed by atoms with van der Waals surface area (Å²) in [6.07, 6.45) is 3.71. The Bertz CT molecular complexity index is 1750. The molecule has 222 valence electrons. The molecule has 3 aromatic heterocycles. The maximum Gasteiger partial charge on any atom is 0.222 e. The topological polar surface area (TPSA) is 108 Å². The van der Waals surface area contributed by atoms with Crippen LogP contribution in [0.1, 0.15) is 57.8 Å². The highest BCUT2D eigenvalue weighted by molar-refractivity contribution is 5.87. The number of anilines is 3. The third-order valence-electron chi connectivity index (χ3n) is 7.61. The first-order chi connectivity index (χ1) is 20.6. The minimum Gasteiger partial charge on any atom is -0.457 e. The van der Waals surface area contributed by atoms with E-state index in [1.54, 1.807) is 18.3 Å². The average molecular weight is 580 g/mol. The summed E-state index contributed by atoms with van der Waals surface area (Å²) in [4.78, 5) is 20.3. The molecule has 0 aliphatic heterocycles. The van der Waals surface area contributed by atoms with Gasteiger partial charge >= 0.3 is 0 Å². The van der Waals surface area contributed by atoms with Gasteiger partial charge in [0, 0.05) is 49.5 Å². The molecule has 1 aliphatic carbocycles. The third-order valence-corrected chi connectivity index (χ3v) is 7.61. The van der Waals surface area contributed by atoms with Crippen molar-refractivity contribution in [1.29, 1.82) is 0 Å². The van der Waals surface area contributed by atoms with Gasteiger partial charge < -0.3 is 24.7 Å². The van der Waals surface area contributed by atoms with Crippen molar-refractivity contribution in [1.82, 2.24) is 24.3 Å². The Labute approximate surface area is 251 Å². The van der Waals surface area contributed by atoms with E-state index < -0.39 is 0 Å². The Balaban J connectivity index is 1.16. The Morgan fingerprint density at radius 2 is 1.77 bits per heavy atom. The second-order valence-electron chi connectivity index (χ2n) is 12.1. The van der Waals surface area contributed by atoms with Crippen molar-refractivity contribution in [3.8, 4) is 11.5 Å². The smallest absolute Gasteiger partial charge is 0.222 e. The predicted molar refractivity (Wildman–Crippen MR) is 167 cm³/mol. The second kappa shape index (κ2) is 11.5. The monoisotopic (exact) mass is 579 g/mol. The molecule has 0 radical (unpaired) electrons. The van der Waals surface area contributed by atoms with Gasteiger partial charge in [-0.2, -0.15) is 5.10 Å². The number of imidazole rings is 1. The van der Waals surface area contributed by atoms with Crippen LogP contribution in [-0.4, -0.2) is 36.3 Å². The Morgan fingerprint density at radius 3 is 2.51 bits per heavy atom. The minimum absolute atomic E-state index is 0.0751. The molecule has 1 saturated carbocycles. The fraction of sp³-hybridized carbons (Fsp3) is 0.333. The van der Waals surface area contributed by atoms with Crippen molar-refractivity contribution in [3.05, 3.63) is 84.2 Å². The van der Waals surface area contributed by atoms with E-state index in [1.807, 2.05) is 48.0 Å². The predicted octanol–water partition coefficient (Wildman–Crippen LogP) is 6.88. The number of aromatic nitrogens is 5. The minimum atomic E-state index is -0.190. The van der Waals surface area contributed by atoms with Crippen LogP contribution < -0.4 is 15.4 Å². The number of nitrogens with one attached hydrogen (secondary N) is 2. The summed E-state index contributed by atoms with van der Waals surface area (Å²) in [7, 11) is 1.96. The molecule has 0 bridgehead atoms. The van der Waals surface area contributed by atoms with Crippen molar-refractivity contribution >= 4 is 34.5 Å². The average Bonchev–Trinajstić information content (AvgIpc) is 3.49. The highest BCUT2D eigenvalue weighted by Crippen LogP contribution is 2.39. The van der Waals surface area contributed by atoms with Gasteiger partial charge in [0.25, 0.3) is 0 Å². The Hall–Kier alpha value is -4.70. The lowest BCUT2D eigenvalue weighted by Crippen LogP contribution is -2.36. The normalized spacial score (nSPS) is 16.6. The molecule has 0 unspecified atom stereocenters. The van der Waals surface area contributed by atoms with E-state index in [2.05, 4.69) is 59.3 Å². The van der Waals surface area contributed by atoms with Crippen molar-refractivity contribution in [2.24, 2.45) is 7.05 Å². The zero-order chi connectivity index (χ0) is 30.1. The summed E-state index contributed by atoms with van der Waals surface area (Å²) in [5.74, 6) is 2.91. The molecule has 5 aromatic rings. The maximum absolute atomic E-state index is 11.4. The summed E-state index contributed by atoms with van der Waals surface area (Å²) in [6, 6.07) is 21.9. The van der Waals surface area contributed by atoms with Gasteiger partial charge in [0.15, 0.2) is 5.82 Å². The third kappa shape index (κ3) is 6.39. The molecular weight excluding hydrogens is 542 g/mol. The van der Waals surface area contributed by atoms with Gasteiger partial charge in [-0.05, 0) is 36.6 Å². The van der Waals surface area contributed by atoms with Gasteiger partial charge in [-0.25, -0.2) is 9.97 Å². The number of amides is 1. The van der Waals surface area contributed by atoms with Crippen molar-refractivity contribution in [2.75, 3.05) is 10.6 Å². The molecule has 1 fully saturated rings. The second-order valence-corrected chi connectivity index (χ2v) is 12.1. The van der Waals surface area contributed by atoms with Crippen molar-refractivity contribution in [3.63, 3.8) is 0 Å². The lowest BCUT2D eigenvalue weighted by atomic mass is 9.86. The summed E-state index contributed by atoms with van der Waals surface area (Å²) >= 11 is 0. The quantitative estimate of drug-likeness (QED) is 0.196. The van der Waals surface area contributed by atoms with Gasteiger partial charge in [0.1, 0.15) is 17.3 Å². The van der Waals surface area contributed by atoms with Crippen molar-refractivity contribution < 1.29 is 14.3 Å². The number of aryl methyl sites for hydroxylation is 1. The molecule has 3 heterocycles. The van der Waals surface area contributed by atoms with Crippen LogP contribution in [0.15, 0.2) is 72.9 Å². The molecule has 6 rings (SSSR count). The van der Waals surface area contributed by atoms with E-state index in [4.69, 9.17) is 19.6 Å². The number of ether oxygens (including phenoxy) is 2. The number of nitrogens with zero attached hydrogens (tertiary/aromatic N) is 5. The number of hydrogen-bond acceptors (Lipinski definition) is 7. The first-order valence-corrected chi connectivity index (χ1v) is 14.5. The largest absolute Gasteiger partial charge is 0.457 e. The van der Waals surface area contributed by atoms with Crippen LogP contribution in [0, 0.1) is 0 Å². The summed E-state index contributed by atoms with van der Waals surface area (Å²) < 4.78 is 16.4. The Morgan fingerprint density at radius 1 is 1.00 bits per heavy atom. The zero-order valence-corrected chi connectivity index (χ0v) is 25.2. The summed E-state index contributed by atoms with van der Waals surface area (Å²) in [5, 5.41) is 11.1. The number of rotatable bonds is 9.